The van der Waals surface area contributed by atoms with E-state index in [0.717, 1.165) is 30.1 Å². The Morgan fingerprint density at radius 3 is 2.37 bits per heavy atom. The number of nitrogens with zero attached hydrogens (tertiary/aromatic N) is 1. The first-order valence-corrected chi connectivity index (χ1v) is 9.81. The lowest BCUT2D eigenvalue weighted by molar-refractivity contribution is 0.0947. The third-order valence-electron chi connectivity index (χ3n) is 4.97. The first-order valence-electron chi connectivity index (χ1n) is 9.81. The Morgan fingerprint density at radius 2 is 1.70 bits per heavy atom. The first kappa shape index (κ1) is 19.3. The molecule has 4 heteroatoms. The van der Waals surface area contributed by atoms with E-state index in [0.29, 0.717) is 13.2 Å². The molecule has 0 aliphatic carbocycles. The molecule has 0 unspecified atom stereocenters. The average Bonchev–Trinajstić information content (AvgIpc) is 3.19. The predicted octanol–water partition coefficient (Wildman–Crippen LogP) is 4.39. The van der Waals surface area contributed by atoms with Crippen molar-refractivity contribution >= 4 is 11.6 Å². The summed E-state index contributed by atoms with van der Waals surface area (Å²) < 4.78 is 5.76. The number of rotatable bonds is 6. The maximum atomic E-state index is 12.6. The summed E-state index contributed by atoms with van der Waals surface area (Å²) >= 11 is 0. The molecule has 1 N–H and O–H groups in total. The molecule has 144 valence electrons. The number of anilines is 1. The second-order valence-corrected chi connectivity index (χ2v) is 8.09. The van der Waals surface area contributed by atoms with E-state index < -0.39 is 0 Å². The third-order valence-corrected chi connectivity index (χ3v) is 4.97. The Morgan fingerprint density at radius 1 is 1.04 bits per heavy atom. The second-order valence-electron chi connectivity index (χ2n) is 8.09. The normalized spacial score (nSPS) is 14.3. The minimum atomic E-state index is -0.0378. The molecule has 1 heterocycles. The first-order chi connectivity index (χ1) is 12.9. The van der Waals surface area contributed by atoms with E-state index in [1.54, 1.807) is 0 Å². The van der Waals surface area contributed by atoms with Crippen molar-refractivity contribution in [2.45, 2.75) is 39.0 Å². The molecule has 1 saturated heterocycles. The Labute approximate surface area is 162 Å². The molecule has 4 nitrogen and oxygen atoms in total. The highest BCUT2D eigenvalue weighted by atomic mass is 16.5. The van der Waals surface area contributed by atoms with Crippen LogP contribution < -0.4 is 15.0 Å². The molecule has 2 aromatic rings. The third kappa shape index (κ3) is 5.03. The Balaban J connectivity index is 1.50. The van der Waals surface area contributed by atoms with Crippen molar-refractivity contribution in [2.75, 3.05) is 31.1 Å². The van der Waals surface area contributed by atoms with Crippen molar-refractivity contribution in [1.82, 2.24) is 5.32 Å². The van der Waals surface area contributed by atoms with Crippen LogP contribution >= 0.6 is 0 Å². The van der Waals surface area contributed by atoms with Gasteiger partial charge < -0.3 is 15.0 Å². The lowest BCUT2D eigenvalue weighted by Gasteiger charge is -2.21. The quantitative estimate of drug-likeness (QED) is 0.771. The van der Waals surface area contributed by atoms with Crippen molar-refractivity contribution in [1.29, 1.82) is 0 Å². The Kier molecular flexibility index (Phi) is 6.04. The molecule has 1 aliphatic heterocycles. The fourth-order valence-corrected chi connectivity index (χ4v) is 3.38. The van der Waals surface area contributed by atoms with Gasteiger partial charge in [0.25, 0.3) is 5.91 Å². The summed E-state index contributed by atoms with van der Waals surface area (Å²) in [6.45, 7) is 9.56. The number of carbonyl (C=O) groups excluding carboxylic acids is 1. The molecule has 2 aromatic carbocycles. The van der Waals surface area contributed by atoms with Crippen LogP contribution in [0.1, 0.15) is 49.5 Å². The molecule has 0 aromatic heterocycles. The predicted molar refractivity (Wildman–Crippen MR) is 111 cm³/mol. The van der Waals surface area contributed by atoms with Gasteiger partial charge in [0, 0.05) is 18.8 Å². The van der Waals surface area contributed by atoms with Gasteiger partial charge in [-0.15, -0.1) is 0 Å². The van der Waals surface area contributed by atoms with Gasteiger partial charge in [0.1, 0.15) is 12.4 Å². The van der Waals surface area contributed by atoms with Crippen LogP contribution in [-0.2, 0) is 5.41 Å². The summed E-state index contributed by atoms with van der Waals surface area (Å²) in [6, 6.07) is 16.0. The van der Waals surface area contributed by atoms with Crippen LogP contribution in [0.25, 0.3) is 0 Å². The molecule has 0 radical (unpaired) electrons. The van der Waals surface area contributed by atoms with Gasteiger partial charge in [-0.2, -0.15) is 0 Å². The van der Waals surface area contributed by atoms with E-state index in [9.17, 15) is 4.79 Å². The Bertz CT molecular complexity index is 757. The van der Waals surface area contributed by atoms with E-state index in [1.165, 1.54) is 18.4 Å². The highest BCUT2D eigenvalue weighted by molar-refractivity contribution is 5.99. The fraction of sp³-hybridized carbons (Fsp3) is 0.435. The summed E-state index contributed by atoms with van der Waals surface area (Å²) in [4.78, 5) is 14.9. The van der Waals surface area contributed by atoms with Crippen LogP contribution in [0.5, 0.6) is 5.75 Å². The van der Waals surface area contributed by atoms with Crippen LogP contribution in [0.4, 0.5) is 5.69 Å². The number of para-hydroxylation sites is 1. The number of benzene rings is 2. The van der Waals surface area contributed by atoms with Crippen molar-refractivity contribution in [3.8, 4) is 5.75 Å². The maximum Gasteiger partial charge on any atom is 0.253 e. The van der Waals surface area contributed by atoms with Gasteiger partial charge in [-0.25, -0.2) is 0 Å². The van der Waals surface area contributed by atoms with Gasteiger partial charge in [-0.1, -0.05) is 45.0 Å². The van der Waals surface area contributed by atoms with Gasteiger partial charge in [0.2, 0.25) is 0 Å². The lowest BCUT2D eigenvalue weighted by Crippen LogP contribution is -2.30. The zero-order valence-corrected chi connectivity index (χ0v) is 16.6. The molecule has 27 heavy (non-hydrogen) atoms. The van der Waals surface area contributed by atoms with E-state index in [4.69, 9.17) is 4.74 Å². The van der Waals surface area contributed by atoms with Crippen LogP contribution in [0.3, 0.4) is 0 Å². The molecule has 0 saturated carbocycles. The lowest BCUT2D eigenvalue weighted by atomic mass is 9.87. The minimum Gasteiger partial charge on any atom is -0.492 e. The molecule has 3 rings (SSSR count). The van der Waals surface area contributed by atoms with Crippen molar-refractivity contribution in [3.63, 3.8) is 0 Å². The summed E-state index contributed by atoms with van der Waals surface area (Å²) in [6.07, 6.45) is 2.38. The molecular formula is C23H30N2O2. The molecule has 0 spiro atoms. The zero-order valence-electron chi connectivity index (χ0n) is 16.6. The number of carbonyl (C=O) groups is 1. The van der Waals surface area contributed by atoms with Gasteiger partial charge in [0.05, 0.1) is 12.1 Å². The van der Waals surface area contributed by atoms with Crippen LogP contribution in [0, 0.1) is 0 Å². The topological polar surface area (TPSA) is 41.6 Å². The van der Waals surface area contributed by atoms with Gasteiger partial charge in [-0.3, -0.25) is 4.79 Å². The molecular weight excluding hydrogens is 336 g/mol. The van der Waals surface area contributed by atoms with Crippen LogP contribution in [0.2, 0.25) is 0 Å². The van der Waals surface area contributed by atoms with Crippen molar-refractivity contribution in [2.24, 2.45) is 0 Å². The number of amides is 1. The SMILES string of the molecule is CC(C)(C)c1ccc(OCCNC(=O)c2ccccc2N2CCCC2)cc1. The van der Waals surface area contributed by atoms with E-state index >= 15 is 0 Å². The van der Waals surface area contributed by atoms with Crippen LogP contribution in [0.15, 0.2) is 48.5 Å². The fourth-order valence-electron chi connectivity index (χ4n) is 3.38. The van der Waals surface area contributed by atoms with Crippen molar-refractivity contribution < 1.29 is 9.53 Å². The van der Waals surface area contributed by atoms with Gasteiger partial charge >= 0.3 is 0 Å². The van der Waals surface area contributed by atoms with E-state index in [2.05, 4.69) is 43.1 Å². The molecule has 1 aliphatic rings. The summed E-state index contributed by atoms with van der Waals surface area (Å²) in [7, 11) is 0. The number of nitrogens with one attached hydrogen (secondary N) is 1. The highest BCUT2D eigenvalue weighted by Gasteiger charge is 2.18. The second kappa shape index (κ2) is 8.47. The standard InChI is InChI=1S/C23H30N2O2/c1-23(2,3)18-10-12-19(13-11-18)27-17-14-24-22(26)20-8-4-5-9-21(20)25-15-6-7-16-25/h4-5,8-13H,6-7,14-17H2,1-3H3,(H,24,26). The summed E-state index contributed by atoms with van der Waals surface area (Å²) in [5, 5.41) is 2.98. The number of hydrogen-bond donors (Lipinski definition) is 1. The van der Waals surface area contributed by atoms with Crippen molar-refractivity contribution in [3.05, 3.63) is 59.7 Å². The molecule has 1 amide bonds. The highest BCUT2D eigenvalue weighted by Crippen LogP contribution is 2.25. The van der Waals surface area contributed by atoms with E-state index in [1.807, 2.05) is 36.4 Å². The zero-order chi connectivity index (χ0) is 19.3. The number of hydrogen-bond acceptors (Lipinski definition) is 3. The van der Waals surface area contributed by atoms with Gasteiger partial charge in [0.15, 0.2) is 0 Å². The maximum absolute atomic E-state index is 12.6. The van der Waals surface area contributed by atoms with Crippen LogP contribution in [-0.4, -0.2) is 32.1 Å². The Hall–Kier alpha value is -2.49. The molecule has 0 atom stereocenters. The average molecular weight is 367 g/mol. The van der Waals surface area contributed by atoms with E-state index in [-0.39, 0.29) is 11.3 Å². The summed E-state index contributed by atoms with van der Waals surface area (Å²) in [5.74, 6) is 0.791. The smallest absolute Gasteiger partial charge is 0.253 e. The minimum absolute atomic E-state index is 0.0378. The van der Waals surface area contributed by atoms with Gasteiger partial charge in [-0.05, 0) is 48.1 Å². The largest absolute Gasteiger partial charge is 0.492 e. The molecule has 0 bridgehead atoms. The monoisotopic (exact) mass is 366 g/mol. The summed E-state index contributed by atoms with van der Waals surface area (Å²) in [5.41, 5.74) is 3.19. The molecule has 1 fully saturated rings. The number of ether oxygens (including phenoxy) is 1.